The summed E-state index contributed by atoms with van der Waals surface area (Å²) in [5, 5.41) is 15.6. The first-order chi connectivity index (χ1) is 14.8. The summed E-state index contributed by atoms with van der Waals surface area (Å²) in [6, 6.07) is 29.7. The van der Waals surface area contributed by atoms with Crippen molar-refractivity contribution in [3.8, 4) is 5.69 Å². The monoisotopic (exact) mass is 415 g/mol. The highest BCUT2D eigenvalue weighted by Gasteiger charge is 2.17. The van der Waals surface area contributed by atoms with Gasteiger partial charge in [0.1, 0.15) is 0 Å². The molecule has 1 atom stereocenters. The summed E-state index contributed by atoms with van der Waals surface area (Å²) in [4.78, 5) is 12.8. The number of hydrogen-bond donors (Lipinski definition) is 1. The van der Waals surface area contributed by atoms with E-state index in [4.69, 9.17) is 0 Å². The lowest BCUT2D eigenvalue weighted by Crippen LogP contribution is -2.31. The van der Waals surface area contributed by atoms with E-state index in [1.54, 1.807) is 4.68 Å². The first kappa shape index (κ1) is 19.8. The molecule has 0 radical (unpaired) electrons. The first-order valence-electron chi connectivity index (χ1n) is 9.64. The molecule has 30 heavy (non-hydrogen) atoms. The second-order valence-corrected chi connectivity index (χ2v) is 7.66. The van der Waals surface area contributed by atoms with Crippen LogP contribution >= 0.6 is 11.8 Å². The predicted molar refractivity (Wildman–Crippen MR) is 117 cm³/mol. The van der Waals surface area contributed by atoms with Gasteiger partial charge in [-0.1, -0.05) is 90.6 Å². The average molecular weight is 416 g/mol. The maximum atomic E-state index is 12.8. The molecule has 0 saturated carbocycles. The Morgan fingerprint density at radius 2 is 1.53 bits per heavy atom. The van der Waals surface area contributed by atoms with Crippen molar-refractivity contribution >= 4 is 17.7 Å². The zero-order chi connectivity index (χ0) is 20.6. The third kappa shape index (κ3) is 5.12. The smallest absolute Gasteiger partial charge is 0.230 e. The van der Waals surface area contributed by atoms with Gasteiger partial charge in [0.25, 0.3) is 0 Å². The maximum absolute atomic E-state index is 12.8. The van der Waals surface area contributed by atoms with Crippen molar-refractivity contribution in [1.82, 2.24) is 25.5 Å². The van der Waals surface area contributed by atoms with Gasteiger partial charge < -0.3 is 5.32 Å². The SMILES string of the molecule is O=C(CSc1nnnn1-c1ccccc1)N[C@H](Cc1ccccc1)c1ccccc1. The van der Waals surface area contributed by atoms with Crippen molar-refractivity contribution in [1.29, 1.82) is 0 Å². The number of amides is 1. The molecule has 1 amide bonds. The van der Waals surface area contributed by atoms with Crippen molar-refractivity contribution in [3.05, 3.63) is 102 Å². The number of hydrogen-bond acceptors (Lipinski definition) is 5. The lowest BCUT2D eigenvalue weighted by Gasteiger charge is -2.19. The van der Waals surface area contributed by atoms with Crippen LogP contribution in [0.4, 0.5) is 0 Å². The quantitative estimate of drug-likeness (QED) is 0.443. The molecule has 3 aromatic carbocycles. The highest BCUT2D eigenvalue weighted by molar-refractivity contribution is 7.99. The maximum Gasteiger partial charge on any atom is 0.230 e. The highest BCUT2D eigenvalue weighted by Crippen LogP contribution is 2.21. The first-order valence-corrected chi connectivity index (χ1v) is 10.6. The summed E-state index contributed by atoms with van der Waals surface area (Å²) in [6.45, 7) is 0. The number of benzene rings is 3. The number of rotatable bonds is 8. The summed E-state index contributed by atoms with van der Waals surface area (Å²) in [5.74, 6) is 0.165. The molecule has 6 nitrogen and oxygen atoms in total. The van der Waals surface area contributed by atoms with Gasteiger partial charge in [0.15, 0.2) is 0 Å². The number of para-hydroxylation sites is 1. The van der Waals surface area contributed by atoms with E-state index in [1.807, 2.05) is 78.9 Å². The van der Waals surface area contributed by atoms with E-state index < -0.39 is 0 Å². The molecular formula is C23H21N5OS. The normalized spacial score (nSPS) is 11.7. The standard InChI is InChI=1S/C23H21N5OS/c29-22(17-30-23-25-26-27-28(23)20-14-8-3-9-15-20)24-21(19-12-6-2-7-13-19)16-18-10-4-1-5-11-18/h1-15,21H,16-17H2,(H,24,29)/t21-/m1/s1. The molecule has 4 aromatic rings. The van der Waals surface area contributed by atoms with Gasteiger partial charge >= 0.3 is 0 Å². The summed E-state index contributed by atoms with van der Waals surface area (Å²) in [7, 11) is 0. The summed E-state index contributed by atoms with van der Waals surface area (Å²) < 4.78 is 1.64. The summed E-state index contributed by atoms with van der Waals surface area (Å²) in [5.41, 5.74) is 3.11. The number of thioether (sulfide) groups is 1. The van der Waals surface area contributed by atoms with Crippen molar-refractivity contribution in [2.75, 3.05) is 5.75 Å². The van der Waals surface area contributed by atoms with E-state index in [0.717, 1.165) is 17.7 Å². The highest BCUT2D eigenvalue weighted by atomic mass is 32.2. The third-order valence-corrected chi connectivity index (χ3v) is 5.51. The van der Waals surface area contributed by atoms with Crippen LogP contribution < -0.4 is 5.32 Å². The van der Waals surface area contributed by atoms with E-state index >= 15 is 0 Å². The predicted octanol–water partition coefficient (Wildman–Crippen LogP) is 3.85. The second-order valence-electron chi connectivity index (χ2n) is 6.72. The molecule has 0 aliphatic rings. The second kappa shape index (κ2) is 9.84. The van der Waals surface area contributed by atoms with Crippen LogP contribution in [0.15, 0.2) is 96.2 Å². The Kier molecular flexibility index (Phi) is 6.51. The Balaban J connectivity index is 1.43. The topological polar surface area (TPSA) is 72.7 Å². The van der Waals surface area contributed by atoms with Gasteiger partial charge in [0.2, 0.25) is 11.1 Å². The molecule has 0 aliphatic carbocycles. The fourth-order valence-corrected chi connectivity index (χ4v) is 3.86. The van der Waals surface area contributed by atoms with Gasteiger partial charge in [-0.05, 0) is 40.1 Å². The molecule has 0 aliphatic heterocycles. The minimum Gasteiger partial charge on any atom is -0.348 e. The fourth-order valence-electron chi connectivity index (χ4n) is 3.15. The Hall–Kier alpha value is -3.45. The van der Waals surface area contributed by atoms with Gasteiger partial charge in [-0.3, -0.25) is 4.79 Å². The van der Waals surface area contributed by atoms with Crippen LogP contribution in [0.3, 0.4) is 0 Å². The molecule has 0 bridgehead atoms. The van der Waals surface area contributed by atoms with Crippen LogP contribution in [0.1, 0.15) is 17.2 Å². The minimum absolute atomic E-state index is 0.0626. The van der Waals surface area contributed by atoms with Gasteiger partial charge in [-0.2, -0.15) is 4.68 Å². The minimum atomic E-state index is -0.105. The molecule has 0 unspecified atom stereocenters. The van der Waals surface area contributed by atoms with E-state index in [-0.39, 0.29) is 17.7 Å². The molecule has 150 valence electrons. The van der Waals surface area contributed by atoms with Crippen LogP contribution in [-0.2, 0) is 11.2 Å². The van der Waals surface area contributed by atoms with E-state index in [9.17, 15) is 4.79 Å². The third-order valence-electron chi connectivity index (χ3n) is 4.59. The van der Waals surface area contributed by atoms with Crippen molar-refractivity contribution in [3.63, 3.8) is 0 Å². The van der Waals surface area contributed by atoms with E-state index in [2.05, 4.69) is 33.0 Å². The molecule has 7 heteroatoms. The molecule has 1 N–H and O–H groups in total. The Morgan fingerprint density at radius 3 is 2.23 bits per heavy atom. The van der Waals surface area contributed by atoms with Crippen LogP contribution in [0, 0.1) is 0 Å². The summed E-state index contributed by atoms with van der Waals surface area (Å²) >= 11 is 1.31. The van der Waals surface area contributed by atoms with Crippen molar-refractivity contribution in [2.24, 2.45) is 0 Å². The number of carbonyl (C=O) groups is 1. The lowest BCUT2D eigenvalue weighted by atomic mass is 9.99. The lowest BCUT2D eigenvalue weighted by molar-refractivity contribution is -0.119. The van der Waals surface area contributed by atoms with E-state index in [0.29, 0.717) is 5.16 Å². The van der Waals surface area contributed by atoms with Gasteiger partial charge in [0, 0.05) is 0 Å². The molecule has 1 heterocycles. The molecule has 4 rings (SSSR count). The average Bonchev–Trinajstić information content (AvgIpc) is 3.28. The van der Waals surface area contributed by atoms with Crippen LogP contribution in [-0.4, -0.2) is 31.9 Å². The number of aromatic nitrogens is 4. The molecule has 1 aromatic heterocycles. The van der Waals surface area contributed by atoms with Gasteiger partial charge in [-0.25, -0.2) is 0 Å². The Labute approximate surface area is 179 Å². The zero-order valence-electron chi connectivity index (χ0n) is 16.3. The zero-order valence-corrected chi connectivity index (χ0v) is 17.1. The van der Waals surface area contributed by atoms with Gasteiger partial charge in [0.05, 0.1) is 17.5 Å². The van der Waals surface area contributed by atoms with Crippen molar-refractivity contribution < 1.29 is 4.79 Å². The van der Waals surface area contributed by atoms with Crippen LogP contribution in [0.2, 0.25) is 0 Å². The number of nitrogens with zero attached hydrogens (tertiary/aromatic N) is 4. The fraction of sp³-hybridized carbons (Fsp3) is 0.130. The van der Waals surface area contributed by atoms with Gasteiger partial charge in [-0.15, -0.1) is 5.10 Å². The number of nitrogens with one attached hydrogen (secondary N) is 1. The molecule has 0 saturated heterocycles. The van der Waals surface area contributed by atoms with Crippen LogP contribution in [0.5, 0.6) is 0 Å². The number of carbonyl (C=O) groups excluding carboxylic acids is 1. The molecule has 0 fully saturated rings. The molecular weight excluding hydrogens is 394 g/mol. The van der Waals surface area contributed by atoms with Crippen molar-refractivity contribution in [2.45, 2.75) is 17.6 Å². The largest absolute Gasteiger partial charge is 0.348 e. The molecule has 0 spiro atoms. The summed E-state index contributed by atoms with van der Waals surface area (Å²) in [6.07, 6.45) is 0.725. The Morgan fingerprint density at radius 1 is 0.900 bits per heavy atom. The van der Waals surface area contributed by atoms with E-state index in [1.165, 1.54) is 17.3 Å². The van der Waals surface area contributed by atoms with Crippen LogP contribution in [0.25, 0.3) is 5.69 Å². The number of tetrazole rings is 1. The Bertz CT molecular complexity index is 1070.